The number of ether oxygens (including phenoxy) is 1. The number of rotatable bonds is 2. The van der Waals surface area contributed by atoms with Crippen LogP contribution in [0.5, 0.6) is 0 Å². The number of alkyl halides is 1. The molecule has 0 amide bonds. The van der Waals surface area contributed by atoms with Gasteiger partial charge in [-0.05, 0) is 53.0 Å². The molecule has 2 nitrogen and oxygen atoms in total. The molecule has 0 spiro atoms. The molecule has 3 heteroatoms. The highest BCUT2D eigenvalue weighted by Gasteiger charge is 2.37. The first-order valence-corrected chi connectivity index (χ1v) is 6.50. The lowest BCUT2D eigenvalue weighted by atomic mass is 9.86. The van der Waals surface area contributed by atoms with E-state index in [-0.39, 0.29) is 5.60 Å². The first kappa shape index (κ1) is 12.3. The zero-order valence-corrected chi connectivity index (χ0v) is 10.7. The van der Waals surface area contributed by atoms with Crippen LogP contribution >= 0.6 is 0 Å². The molecule has 2 fully saturated rings. The Kier molecular flexibility index (Phi) is 3.55. The van der Waals surface area contributed by atoms with E-state index in [9.17, 15) is 4.39 Å². The molecule has 94 valence electrons. The van der Waals surface area contributed by atoms with Gasteiger partial charge in [-0.1, -0.05) is 0 Å². The van der Waals surface area contributed by atoms with E-state index in [0.717, 1.165) is 32.2 Å². The first-order chi connectivity index (χ1) is 7.44. The van der Waals surface area contributed by atoms with Crippen molar-refractivity contribution < 1.29 is 9.13 Å². The van der Waals surface area contributed by atoms with Gasteiger partial charge in [0.05, 0.1) is 11.7 Å². The second-order valence-corrected chi connectivity index (χ2v) is 6.21. The standard InChI is InChI=1S/C13H24FNO/c1-13(2,3)16-12-7-11(8-12)15-6-4-5-10(14)9-15/h10-12H,4-9H2,1-3H3. The largest absolute Gasteiger partial charge is 0.373 e. The highest BCUT2D eigenvalue weighted by Crippen LogP contribution is 2.33. The maximum Gasteiger partial charge on any atom is 0.113 e. The molecule has 1 aliphatic heterocycles. The van der Waals surface area contributed by atoms with Gasteiger partial charge in [-0.2, -0.15) is 0 Å². The summed E-state index contributed by atoms with van der Waals surface area (Å²) in [6, 6.07) is 0.575. The lowest BCUT2D eigenvalue weighted by Crippen LogP contribution is -2.53. The van der Waals surface area contributed by atoms with Crippen molar-refractivity contribution >= 4 is 0 Å². The Morgan fingerprint density at radius 3 is 2.50 bits per heavy atom. The van der Waals surface area contributed by atoms with Gasteiger partial charge in [0.15, 0.2) is 0 Å². The number of halogens is 1. The highest BCUT2D eigenvalue weighted by atomic mass is 19.1. The Balaban J connectivity index is 1.71. The highest BCUT2D eigenvalue weighted by molar-refractivity contribution is 4.91. The van der Waals surface area contributed by atoms with Crippen molar-refractivity contribution in [3.05, 3.63) is 0 Å². The second kappa shape index (κ2) is 4.61. The van der Waals surface area contributed by atoms with Crippen molar-refractivity contribution in [2.45, 2.75) is 70.4 Å². The SMILES string of the molecule is CC(C)(C)OC1CC(N2CCCC(F)C2)C1. The van der Waals surface area contributed by atoms with Crippen LogP contribution in [0.25, 0.3) is 0 Å². The fraction of sp³-hybridized carbons (Fsp3) is 1.00. The van der Waals surface area contributed by atoms with Crippen molar-refractivity contribution in [2.24, 2.45) is 0 Å². The van der Waals surface area contributed by atoms with E-state index < -0.39 is 6.17 Å². The zero-order valence-electron chi connectivity index (χ0n) is 10.7. The van der Waals surface area contributed by atoms with E-state index in [2.05, 4.69) is 25.7 Å². The van der Waals surface area contributed by atoms with Crippen LogP contribution in [-0.2, 0) is 4.74 Å². The average molecular weight is 229 g/mol. The Morgan fingerprint density at radius 2 is 1.94 bits per heavy atom. The summed E-state index contributed by atoms with van der Waals surface area (Å²) in [5.74, 6) is 0. The molecular formula is C13H24FNO. The maximum atomic E-state index is 13.2. The van der Waals surface area contributed by atoms with E-state index in [1.54, 1.807) is 0 Å². The van der Waals surface area contributed by atoms with E-state index in [1.807, 2.05) is 0 Å². The predicted octanol–water partition coefficient (Wildman–Crippen LogP) is 2.77. The van der Waals surface area contributed by atoms with Crippen LogP contribution in [0.2, 0.25) is 0 Å². The quantitative estimate of drug-likeness (QED) is 0.722. The van der Waals surface area contributed by atoms with Crippen LogP contribution in [0.4, 0.5) is 4.39 Å². The Labute approximate surface area is 98.1 Å². The summed E-state index contributed by atoms with van der Waals surface area (Å²) < 4.78 is 19.2. The minimum atomic E-state index is -0.601. The molecule has 1 aliphatic carbocycles. The Bertz CT molecular complexity index is 233. The molecule has 0 bridgehead atoms. The molecule has 1 saturated heterocycles. The molecule has 0 aromatic carbocycles. The number of likely N-dealkylation sites (tertiary alicyclic amines) is 1. The van der Waals surface area contributed by atoms with Crippen molar-refractivity contribution in [1.29, 1.82) is 0 Å². The van der Waals surface area contributed by atoms with Crippen LogP contribution in [0, 0.1) is 0 Å². The van der Waals surface area contributed by atoms with E-state index in [1.165, 1.54) is 0 Å². The molecule has 1 unspecified atom stereocenters. The lowest BCUT2D eigenvalue weighted by Gasteiger charge is -2.46. The number of nitrogens with zero attached hydrogens (tertiary/aromatic N) is 1. The van der Waals surface area contributed by atoms with Crippen molar-refractivity contribution in [1.82, 2.24) is 4.90 Å². The molecule has 2 aliphatic rings. The van der Waals surface area contributed by atoms with Crippen molar-refractivity contribution in [3.8, 4) is 0 Å². The second-order valence-electron chi connectivity index (χ2n) is 6.21. The Hall–Kier alpha value is -0.150. The molecule has 0 aromatic rings. The molecule has 1 heterocycles. The van der Waals surface area contributed by atoms with Gasteiger partial charge in [0.1, 0.15) is 6.17 Å². The van der Waals surface area contributed by atoms with Gasteiger partial charge in [0, 0.05) is 12.6 Å². The topological polar surface area (TPSA) is 12.5 Å². The van der Waals surface area contributed by atoms with E-state index >= 15 is 0 Å². The fourth-order valence-electron chi connectivity index (χ4n) is 2.72. The van der Waals surface area contributed by atoms with Gasteiger partial charge >= 0.3 is 0 Å². The van der Waals surface area contributed by atoms with Gasteiger partial charge in [0.2, 0.25) is 0 Å². The van der Waals surface area contributed by atoms with Crippen molar-refractivity contribution in [3.63, 3.8) is 0 Å². The Morgan fingerprint density at radius 1 is 1.25 bits per heavy atom. The lowest BCUT2D eigenvalue weighted by molar-refractivity contribution is -0.124. The third-order valence-electron chi connectivity index (χ3n) is 3.50. The van der Waals surface area contributed by atoms with Gasteiger partial charge in [-0.3, -0.25) is 4.90 Å². The van der Waals surface area contributed by atoms with Crippen LogP contribution in [-0.4, -0.2) is 41.9 Å². The van der Waals surface area contributed by atoms with E-state index in [0.29, 0.717) is 18.7 Å². The summed E-state index contributed by atoms with van der Waals surface area (Å²) in [7, 11) is 0. The van der Waals surface area contributed by atoms with E-state index in [4.69, 9.17) is 4.74 Å². The summed E-state index contributed by atoms with van der Waals surface area (Å²) in [5.41, 5.74) is -0.0415. The smallest absolute Gasteiger partial charge is 0.113 e. The van der Waals surface area contributed by atoms with Crippen LogP contribution < -0.4 is 0 Å². The van der Waals surface area contributed by atoms with Crippen LogP contribution in [0.15, 0.2) is 0 Å². The zero-order chi connectivity index (χ0) is 11.8. The first-order valence-electron chi connectivity index (χ1n) is 6.50. The summed E-state index contributed by atoms with van der Waals surface area (Å²) in [5, 5.41) is 0. The summed E-state index contributed by atoms with van der Waals surface area (Å²) in [6.45, 7) is 8.01. The molecule has 2 rings (SSSR count). The van der Waals surface area contributed by atoms with Crippen LogP contribution in [0.3, 0.4) is 0 Å². The minimum absolute atomic E-state index is 0.0415. The molecule has 1 atom stereocenters. The van der Waals surface area contributed by atoms with Gasteiger partial charge in [-0.25, -0.2) is 4.39 Å². The molecule has 0 N–H and O–H groups in total. The summed E-state index contributed by atoms with van der Waals surface area (Å²) in [4.78, 5) is 2.32. The van der Waals surface area contributed by atoms with Crippen molar-refractivity contribution in [2.75, 3.05) is 13.1 Å². The number of hydrogen-bond donors (Lipinski definition) is 0. The number of piperidine rings is 1. The predicted molar refractivity (Wildman–Crippen MR) is 63.4 cm³/mol. The summed E-state index contributed by atoms with van der Waals surface area (Å²) in [6.07, 6.45) is 3.74. The van der Waals surface area contributed by atoms with Gasteiger partial charge in [0.25, 0.3) is 0 Å². The maximum absolute atomic E-state index is 13.2. The van der Waals surface area contributed by atoms with Crippen LogP contribution in [0.1, 0.15) is 46.5 Å². The fourth-order valence-corrected chi connectivity index (χ4v) is 2.72. The molecule has 16 heavy (non-hydrogen) atoms. The molecular weight excluding hydrogens is 205 g/mol. The average Bonchev–Trinajstić information content (AvgIpc) is 2.09. The molecule has 1 saturated carbocycles. The summed E-state index contributed by atoms with van der Waals surface area (Å²) >= 11 is 0. The number of hydrogen-bond acceptors (Lipinski definition) is 2. The third kappa shape index (κ3) is 3.17. The normalized spacial score (nSPS) is 37.1. The van der Waals surface area contributed by atoms with Gasteiger partial charge in [-0.15, -0.1) is 0 Å². The molecule has 0 radical (unpaired) electrons. The monoisotopic (exact) mass is 229 g/mol. The van der Waals surface area contributed by atoms with Gasteiger partial charge < -0.3 is 4.74 Å². The molecule has 0 aromatic heterocycles. The third-order valence-corrected chi connectivity index (χ3v) is 3.50. The minimum Gasteiger partial charge on any atom is -0.373 e.